The Hall–Kier alpha value is -1.62. The molecule has 4 nitrogen and oxygen atoms in total. The standard InChI is InChI=1S/C16H23FN2O2/c1-16(2,3)21-15(20)18-13-8-9-19(11-13)10-12-6-4-5-7-14(12)17/h4-7,13H,8-11H2,1-3H3,(H,18,20)/t13-/m0/s1. The molecule has 1 fully saturated rings. The predicted octanol–water partition coefficient (Wildman–Crippen LogP) is 2.92. The predicted molar refractivity (Wildman–Crippen MR) is 79.5 cm³/mol. The molecule has 116 valence electrons. The van der Waals surface area contributed by atoms with Crippen LogP contribution < -0.4 is 5.32 Å². The maximum absolute atomic E-state index is 13.6. The van der Waals surface area contributed by atoms with Crippen LogP contribution in [-0.2, 0) is 11.3 Å². The Kier molecular flexibility index (Phi) is 4.83. The van der Waals surface area contributed by atoms with Crippen LogP contribution in [0.25, 0.3) is 0 Å². The van der Waals surface area contributed by atoms with E-state index in [2.05, 4.69) is 10.2 Å². The molecule has 1 amide bonds. The third-order valence-corrected chi connectivity index (χ3v) is 3.35. The molecule has 0 saturated carbocycles. The van der Waals surface area contributed by atoms with Crippen LogP contribution in [-0.4, -0.2) is 35.7 Å². The number of likely N-dealkylation sites (tertiary alicyclic amines) is 1. The number of hydrogen-bond acceptors (Lipinski definition) is 3. The van der Waals surface area contributed by atoms with Crippen molar-refractivity contribution in [1.82, 2.24) is 10.2 Å². The van der Waals surface area contributed by atoms with Gasteiger partial charge < -0.3 is 10.1 Å². The van der Waals surface area contributed by atoms with Crippen LogP contribution in [0.2, 0.25) is 0 Å². The van der Waals surface area contributed by atoms with Crippen LogP contribution in [0.1, 0.15) is 32.8 Å². The van der Waals surface area contributed by atoms with E-state index in [0.717, 1.165) is 13.0 Å². The summed E-state index contributed by atoms with van der Waals surface area (Å²) in [5, 5.41) is 2.87. The molecular formula is C16H23FN2O2. The number of halogens is 1. The minimum atomic E-state index is -0.491. The van der Waals surface area contributed by atoms with Crippen LogP contribution in [0.5, 0.6) is 0 Å². The van der Waals surface area contributed by atoms with Gasteiger partial charge in [-0.2, -0.15) is 0 Å². The van der Waals surface area contributed by atoms with Gasteiger partial charge in [0.25, 0.3) is 0 Å². The van der Waals surface area contributed by atoms with E-state index in [4.69, 9.17) is 4.74 Å². The first-order chi connectivity index (χ1) is 9.83. The number of carbonyl (C=O) groups is 1. The average Bonchev–Trinajstić information content (AvgIpc) is 2.77. The van der Waals surface area contributed by atoms with E-state index in [0.29, 0.717) is 18.7 Å². The van der Waals surface area contributed by atoms with Crippen molar-refractivity contribution in [3.63, 3.8) is 0 Å². The highest BCUT2D eigenvalue weighted by molar-refractivity contribution is 5.68. The van der Waals surface area contributed by atoms with Gasteiger partial charge in [0.15, 0.2) is 0 Å². The molecule has 1 N–H and O–H groups in total. The van der Waals surface area contributed by atoms with Crippen molar-refractivity contribution >= 4 is 6.09 Å². The molecule has 0 aliphatic carbocycles. The zero-order chi connectivity index (χ0) is 15.5. The Balaban J connectivity index is 1.81. The molecule has 1 aliphatic rings. The molecule has 2 rings (SSSR count). The van der Waals surface area contributed by atoms with Gasteiger partial charge in [-0.3, -0.25) is 4.90 Å². The topological polar surface area (TPSA) is 41.6 Å². The lowest BCUT2D eigenvalue weighted by atomic mass is 10.2. The summed E-state index contributed by atoms with van der Waals surface area (Å²) in [6.07, 6.45) is 0.466. The summed E-state index contributed by atoms with van der Waals surface area (Å²) in [5.74, 6) is -0.180. The number of benzene rings is 1. The fourth-order valence-corrected chi connectivity index (χ4v) is 2.44. The fourth-order valence-electron chi connectivity index (χ4n) is 2.44. The Morgan fingerprint density at radius 1 is 1.43 bits per heavy atom. The lowest BCUT2D eigenvalue weighted by Gasteiger charge is -2.22. The summed E-state index contributed by atoms with van der Waals surface area (Å²) in [6.45, 7) is 7.64. The molecule has 1 atom stereocenters. The highest BCUT2D eigenvalue weighted by Crippen LogP contribution is 2.16. The number of carbonyl (C=O) groups excluding carboxylic acids is 1. The summed E-state index contributed by atoms with van der Waals surface area (Å²) in [7, 11) is 0. The molecule has 0 aromatic heterocycles. The maximum Gasteiger partial charge on any atom is 0.407 e. The van der Waals surface area contributed by atoms with Crippen molar-refractivity contribution in [1.29, 1.82) is 0 Å². The summed E-state index contributed by atoms with van der Waals surface area (Å²) >= 11 is 0. The number of amides is 1. The second-order valence-corrected chi connectivity index (χ2v) is 6.46. The third-order valence-electron chi connectivity index (χ3n) is 3.35. The van der Waals surface area contributed by atoms with Crippen molar-refractivity contribution in [2.24, 2.45) is 0 Å². The van der Waals surface area contributed by atoms with Gasteiger partial charge in [0.2, 0.25) is 0 Å². The number of alkyl carbamates (subject to hydrolysis) is 1. The molecule has 0 bridgehead atoms. The summed E-state index contributed by atoms with van der Waals surface area (Å²) < 4.78 is 18.9. The van der Waals surface area contributed by atoms with E-state index in [1.807, 2.05) is 26.8 Å². The van der Waals surface area contributed by atoms with E-state index in [9.17, 15) is 9.18 Å². The Morgan fingerprint density at radius 3 is 2.81 bits per heavy atom. The van der Waals surface area contributed by atoms with E-state index < -0.39 is 5.60 Å². The van der Waals surface area contributed by atoms with E-state index in [-0.39, 0.29) is 18.0 Å². The molecule has 21 heavy (non-hydrogen) atoms. The van der Waals surface area contributed by atoms with Gasteiger partial charge in [0.1, 0.15) is 11.4 Å². The Morgan fingerprint density at radius 2 is 2.14 bits per heavy atom. The van der Waals surface area contributed by atoms with Gasteiger partial charge in [-0.15, -0.1) is 0 Å². The third kappa shape index (κ3) is 5.01. The monoisotopic (exact) mass is 294 g/mol. The zero-order valence-corrected chi connectivity index (χ0v) is 12.9. The van der Waals surface area contributed by atoms with Gasteiger partial charge in [-0.1, -0.05) is 18.2 Å². The van der Waals surface area contributed by atoms with Crippen molar-refractivity contribution in [3.8, 4) is 0 Å². The molecule has 1 aliphatic heterocycles. The molecule has 1 aromatic carbocycles. The largest absolute Gasteiger partial charge is 0.444 e. The molecule has 0 spiro atoms. The van der Waals surface area contributed by atoms with Crippen molar-refractivity contribution in [2.75, 3.05) is 13.1 Å². The van der Waals surface area contributed by atoms with Gasteiger partial charge in [0, 0.05) is 31.2 Å². The Labute approximate surface area is 125 Å². The number of nitrogens with one attached hydrogen (secondary N) is 1. The second-order valence-electron chi connectivity index (χ2n) is 6.46. The summed E-state index contributed by atoms with van der Waals surface area (Å²) in [6, 6.07) is 6.86. The van der Waals surface area contributed by atoms with Crippen molar-refractivity contribution in [2.45, 2.75) is 45.4 Å². The SMILES string of the molecule is CC(C)(C)OC(=O)N[C@H]1CCN(Cc2ccccc2F)C1. The normalized spacial score (nSPS) is 19.5. The molecule has 1 aromatic rings. The minimum absolute atomic E-state index is 0.0617. The van der Waals surface area contributed by atoms with Gasteiger partial charge in [-0.25, -0.2) is 9.18 Å². The van der Waals surface area contributed by atoms with Gasteiger partial charge >= 0.3 is 6.09 Å². The second kappa shape index (κ2) is 6.43. The molecular weight excluding hydrogens is 271 g/mol. The van der Waals surface area contributed by atoms with Gasteiger partial charge in [0.05, 0.1) is 0 Å². The minimum Gasteiger partial charge on any atom is -0.444 e. The first-order valence-corrected chi connectivity index (χ1v) is 7.29. The van der Waals surface area contributed by atoms with Crippen LogP contribution in [0.4, 0.5) is 9.18 Å². The number of ether oxygens (including phenoxy) is 1. The highest BCUT2D eigenvalue weighted by atomic mass is 19.1. The lowest BCUT2D eigenvalue weighted by molar-refractivity contribution is 0.0505. The average molecular weight is 294 g/mol. The highest BCUT2D eigenvalue weighted by Gasteiger charge is 2.26. The van der Waals surface area contributed by atoms with Crippen molar-refractivity contribution < 1.29 is 13.9 Å². The zero-order valence-electron chi connectivity index (χ0n) is 12.9. The van der Waals surface area contributed by atoms with Crippen LogP contribution in [0.15, 0.2) is 24.3 Å². The Bertz CT molecular complexity index is 499. The lowest BCUT2D eigenvalue weighted by Crippen LogP contribution is -2.40. The number of rotatable bonds is 3. The quantitative estimate of drug-likeness (QED) is 0.932. The van der Waals surface area contributed by atoms with Crippen LogP contribution in [0.3, 0.4) is 0 Å². The molecule has 0 radical (unpaired) electrons. The molecule has 5 heteroatoms. The smallest absolute Gasteiger partial charge is 0.407 e. The number of hydrogen-bond donors (Lipinski definition) is 1. The molecule has 1 saturated heterocycles. The van der Waals surface area contributed by atoms with Crippen LogP contribution >= 0.6 is 0 Å². The first kappa shape index (κ1) is 15.8. The van der Waals surface area contributed by atoms with E-state index in [1.54, 1.807) is 12.1 Å². The fraction of sp³-hybridized carbons (Fsp3) is 0.562. The van der Waals surface area contributed by atoms with E-state index in [1.165, 1.54) is 6.07 Å². The summed E-state index contributed by atoms with van der Waals surface area (Å²) in [4.78, 5) is 13.9. The summed E-state index contributed by atoms with van der Waals surface area (Å²) in [5.41, 5.74) is 0.200. The van der Waals surface area contributed by atoms with Crippen molar-refractivity contribution in [3.05, 3.63) is 35.6 Å². The van der Waals surface area contributed by atoms with E-state index >= 15 is 0 Å². The van der Waals surface area contributed by atoms with Gasteiger partial charge in [-0.05, 0) is 33.3 Å². The maximum atomic E-state index is 13.6. The molecule has 1 heterocycles. The number of nitrogens with zero attached hydrogens (tertiary/aromatic N) is 1. The molecule has 0 unspecified atom stereocenters. The first-order valence-electron chi connectivity index (χ1n) is 7.29. The van der Waals surface area contributed by atoms with Crippen LogP contribution in [0, 0.1) is 5.82 Å².